The Morgan fingerprint density at radius 2 is 2.17 bits per heavy atom. The summed E-state index contributed by atoms with van der Waals surface area (Å²) >= 11 is 3.42. The molecular weight excluding hydrogens is 326 g/mol. The van der Waals surface area contributed by atoms with Gasteiger partial charge in [0.1, 0.15) is 15.7 Å². The first-order chi connectivity index (χ1) is 11.2. The summed E-state index contributed by atoms with van der Waals surface area (Å²) in [5.41, 5.74) is 1.45. The molecule has 6 heteroatoms. The number of aryl methyl sites for hydroxylation is 1. The van der Waals surface area contributed by atoms with Crippen molar-refractivity contribution in [2.75, 3.05) is 12.8 Å². The van der Waals surface area contributed by atoms with Crippen LogP contribution in [0.1, 0.15) is 48.4 Å². The molecular formula is C17H21N3OS2. The minimum atomic E-state index is 0.0486. The molecule has 0 unspecified atom stereocenters. The van der Waals surface area contributed by atoms with Crippen LogP contribution in [-0.4, -0.2) is 28.7 Å². The summed E-state index contributed by atoms with van der Waals surface area (Å²) in [6, 6.07) is 0. The zero-order valence-corrected chi connectivity index (χ0v) is 15.1. The molecule has 2 aromatic heterocycles. The summed E-state index contributed by atoms with van der Waals surface area (Å²) in [5, 5.41) is 4.95. The van der Waals surface area contributed by atoms with Crippen molar-refractivity contribution < 1.29 is 4.79 Å². The van der Waals surface area contributed by atoms with Gasteiger partial charge in [-0.1, -0.05) is 18.7 Å². The van der Waals surface area contributed by atoms with Crippen molar-refractivity contribution in [1.29, 1.82) is 0 Å². The molecule has 122 valence electrons. The van der Waals surface area contributed by atoms with E-state index in [0.29, 0.717) is 11.7 Å². The fourth-order valence-corrected chi connectivity index (χ4v) is 5.55. The van der Waals surface area contributed by atoms with E-state index >= 15 is 0 Å². The molecule has 2 heterocycles. The minimum Gasteiger partial charge on any atom is -0.358 e. The van der Waals surface area contributed by atoms with Crippen LogP contribution in [0.4, 0.5) is 0 Å². The van der Waals surface area contributed by atoms with Gasteiger partial charge >= 0.3 is 0 Å². The zero-order chi connectivity index (χ0) is 16.0. The van der Waals surface area contributed by atoms with Crippen molar-refractivity contribution in [2.24, 2.45) is 5.92 Å². The third kappa shape index (κ3) is 2.98. The van der Waals surface area contributed by atoms with E-state index in [0.717, 1.165) is 34.4 Å². The van der Waals surface area contributed by atoms with Gasteiger partial charge in [-0.3, -0.25) is 4.79 Å². The summed E-state index contributed by atoms with van der Waals surface area (Å²) in [4.78, 5) is 24.0. The number of hydrogen-bond donors (Lipinski definition) is 1. The minimum absolute atomic E-state index is 0.0486. The fourth-order valence-electron chi connectivity index (χ4n) is 3.16. The Morgan fingerprint density at radius 1 is 1.35 bits per heavy atom. The van der Waals surface area contributed by atoms with Crippen molar-refractivity contribution in [1.82, 2.24) is 15.3 Å². The lowest BCUT2D eigenvalue weighted by molar-refractivity contribution is -0.118. The maximum absolute atomic E-state index is 11.6. The Balaban J connectivity index is 1.78. The highest BCUT2D eigenvalue weighted by Crippen LogP contribution is 2.44. The van der Waals surface area contributed by atoms with Crippen molar-refractivity contribution >= 4 is 39.2 Å². The van der Waals surface area contributed by atoms with Gasteiger partial charge in [0.2, 0.25) is 5.91 Å². The average Bonchev–Trinajstić information content (AvgIpc) is 3.33. The number of hydrogen-bond acceptors (Lipinski definition) is 5. The van der Waals surface area contributed by atoms with Crippen LogP contribution >= 0.6 is 23.1 Å². The number of carbonyl (C=O) groups excluding carboxylic acids is 1. The van der Waals surface area contributed by atoms with Gasteiger partial charge in [-0.15, -0.1) is 11.3 Å². The summed E-state index contributed by atoms with van der Waals surface area (Å²) < 4.78 is 0. The number of nitrogens with one attached hydrogen (secondary N) is 1. The number of amides is 1. The maximum atomic E-state index is 11.6. The Bertz CT molecular complexity index is 767. The molecule has 4 nitrogen and oxygen atoms in total. The zero-order valence-electron chi connectivity index (χ0n) is 13.5. The molecule has 0 spiro atoms. The van der Waals surface area contributed by atoms with Gasteiger partial charge in [-0.2, -0.15) is 0 Å². The molecule has 0 saturated heterocycles. The Kier molecular flexibility index (Phi) is 4.05. The molecule has 1 amide bonds. The first-order valence-electron chi connectivity index (χ1n) is 8.31. The topological polar surface area (TPSA) is 54.9 Å². The van der Waals surface area contributed by atoms with Crippen molar-refractivity contribution in [3.63, 3.8) is 0 Å². The van der Waals surface area contributed by atoms with E-state index in [2.05, 4.69) is 12.2 Å². The largest absolute Gasteiger partial charge is 0.358 e. The van der Waals surface area contributed by atoms with Crippen LogP contribution in [0.5, 0.6) is 0 Å². The number of thiophene rings is 1. The monoisotopic (exact) mass is 347 g/mol. The van der Waals surface area contributed by atoms with Gasteiger partial charge in [-0.25, -0.2) is 9.97 Å². The quantitative estimate of drug-likeness (QED) is 0.679. The van der Waals surface area contributed by atoms with Gasteiger partial charge in [0.25, 0.3) is 0 Å². The predicted octanol–water partition coefficient (Wildman–Crippen LogP) is 3.53. The molecule has 2 aliphatic carbocycles. The highest BCUT2D eigenvalue weighted by Gasteiger charge is 2.30. The van der Waals surface area contributed by atoms with E-state index in [1.807, 2.05) is 11.3 Å². The van der Waals surface area contributed by atoms with E-state index in [4.69, 9.17) is 9.97 Å². The summed E-state index contributed by atoms with van der Waals surface area (Å²) in [5.74, 6) is 2.76. The average molecular weight is 348 g/mol. The highest BCUT2D eigenvalue weighted by molar-refractivity contribution is 8.00. The Hall–Kier alpha value is -1.14. The molecule has 0 bridgehead atoms. The van der Waals surface area contributed by atoms with Crippen LogP contribution in [0.15, 0.2) is 5.03 Å². The molecule has 1 N–H and O–H groups in total. The number of fused-ring (bicyclic) bond motifs is 3. The van der Waals surface area contributed by atoms with Crippen LogP contribution in [0.2, 0.25) is 0 Å². The summed E-state index contributed by atoms with van der Waals surface area (Å²) in [6.07, 6.45) is 5.92. The molecule has 4 rings (SSSR count). The van der Waals surface area contributed by atoms with Crippen molar-refractivity contribution in [3.05, 3.63) is 16.3 Å². The molecule has 1 fully saturated rings. The Morgan fingerprint density at radius 3 is 2.91 bits per heavy atom. The van der Waals surface area contributed by atoms with Crippen LogP contribution in [-0.2, 0) is 17.6 Å². The first-order valence-corrected chi connectivity index (χ1v) is 10.1. The second-order valence-corrected chi connectivity index (χ2v) is 8.70. The second kappa shape index (κ2) is 6.06. The van der Waals surface area contributed by atoms with E-state index in [-0.39, 0.29) is 5.91 Å². The van der Waals surface area contributed by atoms with Crippen LogP contribution in [0, 0.1) is 5.92 Å². The molecule has 1 saturated carbocycles. The van der Waals surface area contributed by atoms with Crippen LogP contribution in [0.25, 0.3) is 10.2 Å². The molecule has 23 heavy (non-hydrogen) atoms. The lowest BCUT2D eigenvalue weighted by atomic mass is 9.89. The number of thioether (sulfide) groups is 1. The smallest absolute Gasteiger partial charge is 0.230 e. The number of rotatable bonds is 4. The van der Waals surface area contributed by atoms with Crippen molar-refractivity contribution in [2.45, 2.75) is 50.0 Å². The molecule has 2 aliphatic rings. The summed E-state index contributed by atoms with van der Waals surface area (Å²) in [6.45, 7) is 2.33. The maximum Gasteiger partial charge on any atom is 0.230 e. The van der Waals surface area contributed by atoms with Gasteiger partial charge < -0.3 is 5.32 Å². The van der Waals surface area contributed by atoms with E-state index in [9.17, 15) is 4.79 Å². The Labute approximate surface area is 144 Å². The van der Waals surface area contributed by atoms with Crippen LogP contribution in [0.3, 0.4) is 0 Å². The second-order valence-electron chi connectivity index (χ2n) is 6.65. The molecule has 0 radical (unpaired) electrons. The number of aromatic nitrogens is 2. The first kappa shape index (κ1) is 15.4. The number of carbonyl (C=O) groups is 1. The normalized spacial score (nSPS) is 20.5. The van der Waals surface area contributed by atoms with E-state index in [1.54, 1.807) is 18.8 Å². The summed E-state index contributed by atoms with van der Waals surface area (Å²) in [7, 11) is 1.68. The molecule has 0 aromatic carbocycles. The van der Waals surface area contributed by atoms with Gasteiger partial charge in [-0.05, 0) is 43.6 Å². The lowest BCUT2D eigenvalue weighted by Gasteiger charge is -2.18. The SMILES string of the molecule is CNC(=O)CSc1nc(C2CC2)nc2sc3c(c12)CC[C@H](C)C3. The molecule has 1 atom stereocenters. The third-order valence-corrected chi connectivity index (χ3v) is 6.82. The number of nitrogens with zero attached hydrogens (tertiary/aromatic N) is 2. The highest BCUT2D eigenvalue weighted by atomic mass is 32.2. The van der Waals surface area contributed by atoms with E-state index < -0.39 is 0 Å². The third-order valence-electron chi connectivity index (χ3n) is 4.70. The predicted molar refractivity (Wildman–Crippen MR) is 95.4 cm³/mol. The molecule has 0 aliphatic heterocycles. The fraction of sp³-hybridized carbons (Fsp3) is 0.588. The lowest BCUT2D eigenvalue weighted by Crippen LogP contribution is -2.19. The van der Waals surface area contributed by atoms with Gasteiger partial charge in [0, 0.05) is 23.2 Å². The van der Waals surface area contributed by atoms with Gasteiger partial charge in [0.05, 0.1) is 5.75 Å². The molecule has 2 aromatic rings. The van der Waals surface area contributed by atoms with E-state index in [1.165, 1.54) is 35.1 Å². The van der Waals surface area contributed by atoms with Crippen LogP contribution < -0.4 is 5.32 Å². The van der Waals surface area contributed by atoms with Crippen molar-refractivity contribution in [3.8, 4) is 0 Å². The van der Waals surface area contributed by atoms with Gasteiger partial charge in [0.15, 0.2) is 0 Å². The standard InChI is InChI=1S/C17H21N3OS2/c1-9-3-6-11-12(7-9)23-17-14(11)16(22-8-13(21)18-2)19-15(20-17)10-4-5-10/h9-10H,3-8H2,1-2H3,(H,18,21)/t9-/m0/s1.